The van der Waals surface area contributed by atoms with Crippen molar-refractivity contribution < 1.29 is 5.11 Å². The zero-order chi connectivity index (χ0) is 14.0. The average molecular weight is 279 g/mol. The highest BCUT2D eigenvalue weighted by molar-refractivity contribution is 6.32. The lowest BCUT2D eigenvalue weighted by Gasteiger charge is -2.28. The van der Waals surface area contributed by atoms with Gasteiger partial charge in [-0.25, -0.2) is 0 Å². The van der Waals surface area contributed by atoms with E-state index in [1.807, 2.05) is 19.9 Å². The molecule has 1 aromatic rings. The molecule has 4 heteroatoms. The molecule has 0 amide bonds. The monoisotopic (exact) mass is 278 g/mol. The van der Waals surface area contributed by atoms with Crippen LogP contribution >= 0.6 is 11.6 Å². The summed E-state index contributed by atoms with van der Waals surface area (Å²) in [5, 5.41) is 23.2. The Kier molecular flexibility index (Phi) is 4.03. The van der Waals surface area contributed by atoms with Crippen LogP contribution in [0.15, 0.2) is 12.1 Å². The lowest BCUT2D eigenvalue weighted by molar-refractivity contribution is 0.0578. The summed E-state index contributed by atoms with van der Waals surface area (Å²) in [7, 11) is 0. The molecule has 1 fully saturated rings. The molecule has 19 heavy (non-hydrogen) atoms. The summed E-state index contributed by atoms with van der Waals surface area (Å²) in [5.74, 6) is 0. The summed E-state index contributed by atoms with van der Waals surface area (Å²) in [6.07, 6.45) is 3.55. The fourth-order valence-corrected chi connectivity index (χ4v) is 3.09. The molecule has 0 heterocycles. The Labute approximate surface area is 119 Å². The van der Waals surface area contributed by atoms with Crippen LogP contribution in [0.1, 0.15) is 44.2 Å². The number of rotatable bonds is 3. The highest BCUT2D eigenvalue weighted by Gasteiger charge is 2.36. The highest BCUT2D eigenvalue weighted by Crippen LogP contribution is 2.35. The molecular weight excluding hydrogens is 260 g/mol. The van der Waals surface area contributed by atoms with Crippen molar-refractivity contribution >= 4 is 17.3 Å². The number of hydrogen-bond acceptors (Lipinski definition) is 3. The first-order chi connectivity index (χ1) is 8.99. The van der Waals surface area contributed by atoms with Gasteiger partial charge in [-0.05, 0) is 50.3 Å². The highest BCUT2D eigenvalue weighted by atomic mass is 35.5. The molecule has 0 aromatic heterocycles. The van der Waals surface area contributed by atoms with Gasteiger partial charge in [-0.15, -0.1) is 0 Å². The van der Waals surface area contributed by atoms with E-state index in [0.29, 0.717) is 10.6 Å². The lowest BCUT2D eigenvalue weighted by Crippen LogP contribution is -2.39. The first-order valence-corrected chi connectivity index (χ1v) is 7.07. The minimum absolute atomic E-state index is 0.0433. The smallest absolute Gasteiger partial charge is 0.101 e. The second-order valence-corrected chi connectivity index (χ2v) is 5.74. The van der Waals surface area contributed by atoms with E-state index in [4.69, 9.17) is 16.9 Å². The number of halogens is 1. The maximum atomic E-state index is 10.3. The molecular formula is C15H19ClN2O. The quantitative estimate of drug-likeness (QED) is 0.890. The van der Waals surface area contributed by atoms with Gasteiger partial charge >= 0.3 is 0 Å². The average Bonchev–Trinajstić information content (AvgIpc) is 2.69. The first kappa shape index (κ1) is 14.2. The molecule has 2 atom stereocenters. The zero-order valence-corrected chi connectivity index (χ0v) is 12.1. The Morgan fingerprint density at radius 1 is 1.58 bits per heavy atom. The molecule has 0 aliphatic heterocycles. The van der Waals surface area contributed by atoms with Crippen LogP contribution in [0.3, 0.4) is 0 Å². The van der Waals surface area contributed by atoms with Gasteiger partial charge in [0.1, 0.15) is 6.07 Å². The zero-order valence-electron chi connectivity index (χ0n) is 11.3. The van der Waals surface area contributed by atoms with Gasteiger partial charge in [-0.2, -0.15) is 5.26 Å². The maximum Gasteiger partial charge on any atom is 0.101 e. The van der Waals surface area contributed by atoms with Crippen molar-refractivity contribution in [3.8, 4) is 6.07 Å². The third kappa shape index (κ3) is 2.70. The van der Waals surface area contributed by atoms with Crippen molar-refractivity contribution in [3.05, 3.63) is 28.3 Å². The Bertz CT molecular complexity index is 520. The predicted octanol–water partition coefficient (Wildman–Crippen LogP) is 3.49. The molecule has 1 aliphatic carbocycles. The van der Waals surface area contributed by atoms with Gasteiger partial charge in [-0.1, -0.05) is 18.5 Å². The minimum atomic E-state index is -0.675. The summed E-state index contributed by atoms with van der Waals surface area (Å²) in [5.41, 5.74) is 1.70. The first-order valence-electron chi connectivity index (χ1n) is 6.70. The van der Waals surface area contributed by atoms with Crippen LogP contribution in [0.5, 0.6) is 0 Å². The molecule has 0 saturated heterocycles. The number of aliphatic hydroxyl groups is 1. The van der Waals surface area contributed by atoms with Crippen molar-refractivity contribution in [2.45, 2.75) is 51.2 Å². The molecule has 3 nitrogen and oxygen atoms in total. The lowest BCUT2D eigenvalue weighted by atomic mass is 9.99. The fourth-order valence-electron chi connectivity index (χ4n) is 2.75. The van der Waals surface area contributed by atoms with E-state index >= 15 is 0 Å². The third-order valence-electron chi connectivity index (χ3n) is 3.97. The fraction of sp³-hybridized carbons (Fsp3) is 0.533. The normalized spacial score (nSPS) is 26.2. The number of benzene rings is 1. The second-order valence-electron chi connectivity index (χ2n) is 5.36. The third-order valence-corrected chi connectivity index (χ3v) is 4.41. The predicted molar refractivity (Wildman–Crippen MR) is 77.4 cm³/mol. The summed E-state index contributed by atoms with van der Waals surface area (Å²) in [4.78, 5) is 0. The summed E-state index contributed by atoms with van der Waals surface area (Å²) >= 11 is 6.25. The summed E-state index contributed by atoms with van der Waals surface area (Å²) < 4.78 is 0. The van der Waals surface area contributed by atoms with Crippen molar-refractivity contribution in [1.29, 1.82) is 5.26 Å². The maximum absolute atomic E-state index is 10.3. The van der Waals surface area contributed by atoms with Gasteiger partial charge in [0.2, 0.25) is 0 Å². The second kappa shape index (κ2) is 5.40. The molecule has 1 unspecified atom stereocenters. The topological polar surface area (TPSA) is 56.0 Å². The van der Waals surface area contributed by atoms with Gasteiger partial charge in [0, 0.05) is 5.69 Å². The van der Waals surface area contributed by atoms with Gasteiger partial charge < -0.3 is 10.4 Å². The van der Waals surface area contributed by atoms with E-state index in [0.717, 1.165) is 36.9 Å². The van der Waals surface area contributed by atoms with Gasteiger partial charge in [-0.3, -0.25) is 0 Å². The van der Waals surface area contributed by atoms with Crippen molar-refractivity contribution in [1.82, 2.24) is 0 Å². The van der Waals surface area contributed by atoms with Crippen LogP contribution in [0.4, 0.5) is 5.69 Å². The minimum Gasteiger partial charge on any atom is -0.388 e. The number of hydrogen-bond donors (Lipinski definition) is 2. The molecule has 1 saturated carbocycles. The number of nitriles is 1. The summed E-state index contributed by atoms with van der Waals surface area (Å²) in [6, 6.07) is 5.76. The van der Waals surface area contributed by atoms with E-state index < -0.39 is 5.60 Å². The molecule has 0 radical (unpaired) electrons. The molecule has 0 bridgehead atoms. The largest absolute Gasteiger partial charge is 0.388 e. The van der Waals surface area contributed by atoms with Crippen molar-refractivity contribution in [3.63, 3.8) is 0 Å². The van der Waals surface area contributed by atoms with E-state index in [-0.39, 0.29) is 6.04 Å². The van der Waals surface area contributed by atoms with E-state index in [9.17, 15) is 5.11 Å². The van der Waals surface area contributed by atoms with Crippen LogP contribution in [0.25, 0.3) is 0 Å². The summed E-state index contributed by atoms with van der Waals surface area (Å²) in [6.45, 7) is 3.88. The van der Waals surface area contributed by atoms with E-state index in [1.165, 1.54) is 0 Å². The molecule has 2 N–H and O–H groups in total. The molecule has 1 aliphatic rings. The van der Waals surface area contributed by atoms with Gasteiger partial charge in [0.05, 0.1) is 22.2 Å². The molecule has 102 valence electrons. The Balaban J connectivity index is 2.31. The van der Waals surface area contributed by atoms with E-state index in [1.54, 1.807) is 6.07 Å². The van der Waals surface area contributed by atoms with E-state index in [2.05, 4.69) is 11.4 Å². The van der Waals surface area contributed by atoms with Gasteiger partial charge in [0.15, 0.2) is 0 Å². The number of anilines is 1. The SMILES string of the molecule is CCc1c(N[C@H]2CCCC2(C)O)ccc(C#N)c1Cl. The Morgan fingerprint density at radius 2 is 2.32 bits per heavy atom. The van der Waals surface area contributed by atoms with Crippen molar-refractivity contribution in [2.75, 3.05) is 5.32 Å². The van der Waals surface area contributed by atoms with Crippen molar-refractivity contribution in [2.24, 2.45) is 0 Å². The molecule has 2 rings (SSSR count). The van der Waals surface area contributed by atoms with Crippen LogP contribution in [-0.4, -0.2) is 16.7 Å². The number of nitrogens with zero attached hydrogens (tertiary/aromatic N) is 1. The standard InChI is InChI=1S/C15H19ClN2O/c1-3-11-12(7-6-10(9-17)14(11)16)18-13-5-4-8-15(13,2)19/h6-7,13,18-19H,3-5,8H2,1-2H3/t13-,15?/m0/s1. The van der Waals surface area contributed by atoms with Crippen LogP contribution in [0.2, 0.25) is 5.02 Å². The Morgan fingerprint density at radius 3 is 2.84 bits per heavy atom. The van der Waals surface area contributed by atoms with Gasteiger partial charge in [0.25, 0.3) is 0 Å². The molecule has 1 aromatic carbocycles. The van der Waals surface area contributed by atoms with Crippen LogP contribution in [-0.2, 0) is 6.42 Å². The van der Waals surface area contributed by atoms with Crippen LogP contribution < -0.4 is 5.32 Å². The molecule has 0 spiro atoms. The Hall–Kier alpha value is -1.24. The van der Waals surface area contributed by atoms with Crippen LogP contribution in [0, 0.1) is 11.3 Å². The number of nitrogens with one attached hydrogen (secondary N) is 1.